The third kappa shape index (κ3) is 5.22. The summed E-state index contributed by atoms with van der Waals surface area (Å²) in [6.07, 6.45) is 3.04. The Bertz CT molecular complexity index is 487. The number of urea groups is 1. The average molecular weight is 306 g/mol. The third-order valence-electron chi connectivity index (χ3n) is 3.64. The number of rotatable bonds is 8. The maximum absolute atomic E-state index is 12.3. The van der Waals surface area contributed by atoms with E-state index in [0.717, 1.165) is 30.7 Å². The van der Waals surface area contributed by atoms with Gasteiger partial charge >= 0.3 is 6.03 Å². The van der Waals surface area contributed by atoms with Crippen molar-refractivity contribution in [3.05, 3.63) is 24.3 Å². The molecule has 1 aliphatic carbocycles. The van der Waals surface area contributed by atoms with E-state index in [1.165, 1.54) is 0 Å². The molecule has 2 N–H and O–H groups in total. The lowest BCUT2D eigenvalue weighted by Crippen LogP contribution is -2.38. The first-order chi connectivity index (χ1) is 10.6. The van der Waals surface area contributed by atoms with Crippen LogP contribution in [0.25, 0.3) is 0 Å². The molecule has 0 aromatic heterocycles. The summed E-state index contributed by atoms with van der Waals surface area (Å²) < 4.78 is 5.70. The number of aliphatic hydroxyl groups excluding tert-OH is 1. The van der Waals surface area contributed by atoms with Crippen LogP contribution in [0, 0.1) is 5.92 Å². The quantitative estimate of drug-likeness (QED) is 0.776. The van der Waals surface area contributed by atoms with Gasteiger partial charge in [-0.25, -0.2) is 4.79 Å². The van der Waals surface area contributed by atoms with Gasteiger partial charge < -0.3 is 20.1 Å². The predicted molar refractivity (Wildman–Crippen MR) is 87.2 cm³/mol. The van der Waals surface area contributed by atoms with Crippen LogP contribution in [0.15, 0.2) is 24.3 Å². The Kier molecular flexibility index (Phi) is 6.07. The Morgan fingerprint density at radius 1 is 1.45 bits per heavy atom. The Hall–Kier alpha value is -1.75. The molecule has 1 aliphatic rings. The fourth-order valence-corrected chi connectivity index (χ4v) is 2.22. The molecule has 1 fully saturated rings. The van der Waals surface area contributed by atoms with E-state index >= 15 is 0 Å². The SMILES string of the molecule is CC(C)CCOc1cccc(NC(=O)N(CCO)C2CC2)c1. The van der Waals surface area contributed by atoms with Crippen LogP contribution in [-0.4, -0.2) is 41.8 Å². The molecule has 0 unspecified atom stereocenters. The van der Waals surface area contributed by atoms with E-state index in [-0.39, 0.29) is 18.7 Å². The zero-order valence-electron chi connectivity index (χ0n) is 13.4. The summed E-state index contributed by atoms with van der Waals surface area (Å²) in [5, 5.41) is 12.0. The van der Waals surface area contributed by atoms with Crippen LogP contribution in [0.4, 0.5) is 10.5 Å². The lowest BCUT2D eigenvalue weighted by molar-refractivity contribution is 0.185. The van der Waals surface area contributed by atoms with Gasteiger partial charge in [-0.15, -0.1) is 0 Å². The van der Waals surface area contributed by atoms with Gasteiger partial charge in [0, 0.05) is 24.3 Å². The number of hydrogen-bond acceptors (Lipinski definition) is 3. The molecule has 2 rings (SSSR count). The number of carbonyl (C=O) groups is 1. The Labute approximate surface area is 132 Å². The number of amides is 2. The molecule has 0 radical (unpaired) electrons. The molecule has 0 heterocycles. The van der Waals surface area contributed by atoms with E-state index in [0.29, 0.717) is 19.1 Å². The summed E-state index contributed by atoms with van der Waals surface area (Å²) in [5.74, 6) is 1.37. The van der Waals surface area contributed by atoms with E-state index in [1.54, 1.807) is 4.90 Å². The molecular weight excluding hydrogens is 280 g/mol. The standard InChI is InChI=1S/C17H26N2O3/c1-13(2)8-11-22-16-5-3-4-14(12-16)18-17(21)19(9-10-20)15-6-7-15/h3-5,12-13,15,20H,6-11H2,1-2H3,(H,18,21). The van der Waals surface area contributed by atoms with Crippen LogP contribution in [-0.2, 0) is 0 Å². The maximum atomic E-state index is 12.3. The highest BCUT2D eigenvalue weighted by molar-refractivity contribution is 5.90. The number of aliphatic hydroxyl groups is 1. The fourth-order valence-electron chi connectivity index (χ4n) is 2.22. The van der Waals surface area contributed by atoms with Gasteiger partial charge in [0.1, 0.15) is 5.75 Å². The minimum Gasteiger partial charge on any atom is -0.494 e. The number of anilines is 1. The van der Waals surface area contributed by atoms with Crippen LogP contribution in [0.3, 0.4) is 0 Å². The summed E-state index contributed by atoms with van der Waals surface area (Å²) in [6, 6.07) is 7.56. The summed E-state index contributed by atoms with van der Waals surface area (Å²) in [6.45, 7) is 5.36. The molecule has 122 valence electrons. The molecule has 1 aromatic carbocycles. The number of nitrogens with zero attached hydrogens (tertiary/aromatic N) is 1. The number of carbonyl (C=O) groups excluding carboxylic acids is 1. The smallest absolute Gasteiger partial charge is 0.322 e. The monoisotopic (exact) mass is 306 g/mol. The second kappa shape index (κ2) is 8.03. The molecule has 5 nitrogen and oxygen atoms in total. The first kappa shape index (κ1) is 16.6. The van der Waals surface area contributed by atoms with Crippen molar-refractivity contribution < 1.29 is 14.6 Å². The summed E-state index contributed by atoms with van der Waals surface area (Å²) >= 11 is 0. The van der Waals surface area contributed by atoms with E-state index < -0.39 is 0 Å². The van der Waals surface area contributed by atoms with Crippen molar-refractivity contribution in [2.75, 3.05) is 25.1 Å². The van der Waals surface area contributed by atoms with E-state index in [9.17, 15) is 4.79 Å². The number of ether oxygens (including phenoxy) is 1. The first-order valence-electron chi connectivity index (χ1n) is 8.01. The van der Waals surface area contributed by atoms with Gasteiger partial charge in [-0.3, -0.25) is 0 Å². The fraction of sp³-hybridized carbons (Fsp3) is 0.588. The number of hydrogen-bond donors (Lipinski definition) is 2. The van der Waals surface area contributed by atoms with Gasteiger partial charge in [0.05, 0.1) is 13.2 Å². The topological polar surface area (TPSA) is 61.8 Å². The third-order valence-corrected chi connectivity index (χ3v) is 3.64. The van der Waals surface area contributed by atoms with Crippen LogP contribution in [0.1, 0.15) is 33.1 Å². The predicted octanol–water partition coefficient (Wildman–Crippen LogP) is 3.10. The molecular formula is C17H26N2O3. The first-order valence-corrected chi connectivity index (χ1v) is 8.01. The van der Waals surface area contributed by atoms with Crippen molar-refractivity contribution in [2.45, 2.75) is 39.2 Å². The van der Waals surface area contributed by atoms with Gasteiger partial charge in [0.25, 0.3) is 0 Å². The molecule has 0 spiro atoms. The minimum atomic E-state index is -0.157. The van der Waals surface area contributed by atoms with E-state index in [1.807, 2.05) is 24.3 Å². The van der Waals surface area contributed by atoms with Crippen molar-refractivity contribution in [1.82, 2.24) is 4.90 Å². The van der Waals surface area contributed by atoms with E-state index in [4.69, 9.17) is 9.84 Å². The summed E-state index contributed by atoms with van der Waals surface area (Å²) in [5.41, 5.74) is 0.718. The second-order valence-corrected chi connectivity index (χ2v) is 6.14. The van der Waals surface area contributed by atoms with Crippen molar-refractivity contribution in [1.29, 1.82) is 0 Å². The Balaban J connectivity index is 1.90. The lowest BCUT2D eigenvalue weighted by Gasteiger charge is -2.22. The summed E-state index contributed by atoms with van der Waals surface area (Å²) in [7, 11) is 0. The van der Waals surface area contributed by atoms with Gasteiger partial charge in [-0.1, -0.05) is 19.9 Å². The molecule has 2 amide bonds. The normalized spacial score (nSPS) is 14.0. The molecule has 1 saturated carbocycles. The van der Waals surface area contributed by atoms with Gasteiger partial charge in [0.15, 0.2) is 0 Å². The Morgan fingerprint density at radius 2 is 2.23 bits per heavy atom. The van der Waals surface area contributed by atoms with Crippen molar-refractivity contribution in [3.8, 4) is 5.75 Å². The van der Waals surface area contributed by atoms with Crippen molar-refractivity contribution in [3.63, 3.8) is 0 Å². The number of nitrogens with one attached hydrogen (secondary N) is 1. The maximum Gasteiger partial charge on any atom is 0.322 e. The lowest BCUT2D eigenvalue weighted by atomic mass is 10.1. The molecule has 5 heteroatoms. The van der Waals surface area contributed by atoms with Crippen molar-refractivity contribution in [2.24, 2.45) is 5.92 Å². The van der Waals surface area contributed by atoms with Gasteiger partial charge in [-0.2, -0.15) is 0 Å². The van der Waals surface area contributed by atoms with Crippen molar-refractivity contribution >= 4 is 11.7 Å². The molecule has 0 aliphatic heterocycles. The molecule has 0 bridgehead atoms. The molecule has 0 saturated heterocycles. The highest BCUT2D eigenvalue weighted by atomic mass is 16.5. The largest absolute Gasteiger partial charge is 0.494 e. The Morgan fingerprint density at radius 3 is 2.86 bits per heavy atom. The zero-order chi connectivity index (χ0) is 15.9. The highest BCUT2D eigenvalue weighted by Gasteiger charge is 2.32. The molecule has 0 atom stereocenters. The van der Waals surface area contributed by atoms with Crippen LogP contribution >= 0.6 is 0 Å². The number of benzene rings is 1. The second-order valence-electron chi connectivity index (χ2n) is 6.14. The average Bonchev–Trinajstić information content (AvgIpc) is 3.29. The minimum absolute atomic E-state index is 0.0116. The van der Waals surface area contributed by atoms with Crippen LogP contribution in [0.2, 0.25) is 0 Å². The molecule has 1 aromatic rings. The van der Waals surface area contributed by atoms with Crippen LogP contribution in [0.5, 0.6) is 5.75 Å². The van der Waals surface area contributed by atoms with Gasteiger partial charge in [-0.05, 0) is 37.3 Å². The summed E-state index contributed by atoms with van der Waals surface area (Å²) in [4.78, 5) is 14.0. The zero-order valence-corrected chi connectivity index (χ0v) is 13.4. The molecule has 22 heavy (non-hydrogen) atoms. The van der Waals surface area contributed by atoms with Gasteiger partial charge in [0.2, 0.25) is 0 Å². The van der Waals surface area contributed by atoms with E-state index in [2.05, 4.69) is 19.2 Å². The van der Waals surface area contributed by atoms with Crippen LogP contribution < -0.4 is 10.1 Å². The highest BCUT2D eigenvalue weighted by Crippen LogP contribution is 2.27.